The van der Waals surface area contributed by atoms with E-state index >= 15 is 0 Å². The van der Waals surface area contributed by atoms with E-state index in [0.29, 0.717) is 32.6 Å². The molecule has 1 fully saturated rings. The minimum Gasteiger partial charge on any atom is -0.394 e. The molecule has 0 bridgehead atoms. The van der Waals surface area contributed by atoms with Gasteiger partial charge in [0.25, 0.3) is 0 Å². The molecule has 2 rings (SSSR count). The highest BCUT2D eigenvalue weighted by molar-refractivity contribution is 5.77. The Kier molecular flexibility index (Phi) is 4.66. The Morgan fingerprint density at radius 2 is 2.50 bits per heavy atom. The topological polar surface area (TPSA) is 62.7 Å². The van der Waals surface area contributed by atoms with Crippen LogP contribution in [0.1, 0.15) is 12.0 Å². The zero-order chi connectivity index (χ0) is 12.8. The van der Waals surface area contributed by atoms with E-state index in [4.69, 9.17) is 4.74 Å². The van der Waals surface area contributed by atoms with Crippen molar-refractivity contribution in [1.82, 2.24) is 9.88 Å². The number of nitrogens with zero attached hydrogens (tertiary/aromatic N) is 2. The van der Waals surface area contributed by atoms with Crippen LogP contribution in [0.25, 0.3) is 0 Å². The van der Waals surface area contributed by atoms with E-state index in [1.54, 1.807) is 17.3 Å². The summed E-state index contributed by atoms with van der Waals surface area (Å²) in [4.78, 5) is 17.8. The second-order valence-electron chi connectivity index (χ2n) is 4.36. The van der Waals surface area contributed by atoms with Crippen LogP contribution in [0.15, 0.2) is 24.5 Å². The normalized spacial score (nSPS) is 19.8. The first-order valence-corrected chi connectivity index (χ1v) is 6.18. The fourth-order valence-electron chi connectivity index (χ4n) is 2.08. The van der Waals surface area contributed by atoms with Crippen LogP contribution >= 0.6 is 0 Å². The van der Waals surface area contributed by atoms with Gasteiger partial charge in [0.1, 0.15) is 0 Å². The monoisotopic (exact) mass is 250 g/mol. The molecule has 2 heterocycles. The van der Waals surface area contributed by atoms with Gasteiger partial charge in [-0.3, -0.25) is 9.78 Å². The molecule has 1 amide bonds. The molecule has 1 N–H and O–H groups in total. The first-order chi connectivity index (χ1) is 8.81. The number of ether oxygens (including phenoxy) is 1. The molecule has 1 aliphatic rings. The summed E-state index contributed by atoms with van der Waals surface area (Å²) >= 11 is 0. The summed E-state index contributed by atoms with van der Waals surface area (Å²) in [7, 11) is 0. The van der Waals surface area contributed by atoms with Crippen molar-refractivity contribution < 1.29 is 14.6 Å². The minimum absolute atomic E-state index is 0.0430. The number of rotatable bonds is 4. The van der Waals surface area contributed by atoms with Crippen molar-refractivity contribution in [3.8, 4) is 0 Å². The molecule has 18 heavy (non-hydrogen) atoms. The maximum atomic E-state index is 12.1. The predicted octanol–water partition coefficient (Wildman–Crippen LogP) is 0.234. The molecule has 98 valence electrons. The molecule has 5 heteroatoms. The number of aliphatic hydroxyl groups excluding tert-OH is 1. The molecule has 1 aromatic heterocycles. The van der Waals surface area contributed by atoms with Crippen molar-refractivity contribution >= 4 is 5.91 Å². The van der Waals surface area contributed by atoms with Crippen LogP contribution in [0, 0.1) is 0 Å². The summed E-state index contributed by atoms with van der Waals surface area (Å²) in [5, 5.41) is 9.21. The van der Waals surface area contributed by atoms with E-state index in [-0.39, 0.29) is 18.6 Å². The third-order valence-electron chi connectivity index (χ3n) is 3.11. The number of carbonyl (C=O) groups is 1. The Balaban J connectivity index is 1.87. The smallest absolute Gasteiger partial charge is 0.223 e. The van der Waals surface area contributed by atoms with E-state index < -0.39 is 0 Å². The summed E-state index contributed by atoms with van der Waals surface area (Å²) in [5.41, 5.74) is 1.06. The molecule has 1 unspecified atom stereocenters. The maximum Gasteiger partial charge on any atom is 0.223 e. The molecular weight excluding hydrogens is 232 g/mol. The van der Waals surface area contributed by atoms with Crippen molar-refractivity contribution in [3.05, 3.63) is 30.1 Å². The standard InChI is InChI=1S/C13H18N2O3/c16-9-12-10-18-7-6-15(12)13(17)4-3-11-2-1-5-14-8-11/h1-2,5,8,12,16H,3-4,6-7,9-10H2. The van der Waals surface area contributed by atoms with Gasteiger partial charge in [0.2, 0.25) is 5.91 Å². The summed E-state index contributed by atoms with van der Waals surface area (Å²) < 4.78 is 5.25. The minimum atomic E-state index is -0.194. The Bertz CT molecular complexity index is 383. The number of hydrogen-bond acceptors (Lipinski definition) is 4. The predicted molar refractivity (Wildman–Crippen MR) is 66.0 cm³/mol. The van der Waals surface area contributed by atoms with Crippen LogP contribution in [0.5, 0.6) is 0 Å². The molecule has 0 spiro atoms. The van der Waals surface area contributed by atoms with Gasteiger partial charge in [-0.25, -0.2) is 0 Å². The average Bonchev–Trinajstić information content (AvgIpc) is 2.45. The first-order valence-electron chi connectivity index (χ1n) is 6.18. The van der Waals surface area contributed by atoms with E-state index in [9.17, 15) is 9.90 Å². The van der Waals surface area contributed by atoms with Crippen LogP contribution in [0.2, 0.25) is 0 Å². The number of amides is 1. The molecule has 0 radical (unpaired) electrons. The van der Waals surface area contributed by atoms with Gasteiger partial charge in [0, 0.05) is 25.4 Å². The van der Waals surface area contributed by atoms with Crippen molar-refractivity contribution in [2.75, 3.05) is 26.4 Å². The van der Waals surface area contributed by atoms with Gasteiger partial charge < -0.3 is 14.7 Å². The molecule has 1 atom stereocenters. The number of hydrogen-bond donors (Lipinski definition) is 1. The second kappa shape index (κ2) is 6.47. The van der Waals surface area contributed by atoms with Crippen LogP contribution in [0.4, 0.5) is 0 Å². The lowest BCUT2D eigenvalue weighted by Gasteiger charge is -2.34. The van der Waals surface area contributed by atoms with Gasteiger partial charge in [-0.05, 0) is 18.1 Å². The Hall–Kier alpha value is -1.46. The van der Waals surface area contributed by atoms with Gasteiger partial charge >= 0.3 is 0 Å². The van der Waals surface area contributed by atoms with Gasteiger partial charge in [-0.15, -0.1) is 0 Å². The Morgan fingerprint density at radius 3 is 3.22 bits per heavy atom. The van der Waals surface area contributed by atoms with Gasteiger partial charge in [-0.2, -0.15) is 0 Å². The lowest BCUT2D eigenvalue weighted by molar-refractivity contribution is -0.141. The van der Waals surface area contributed by atoms with Crippen molar-refractivity contribution in [3.63, 3.8) is 0 Å². The van der Waals surface area contributed by atoms with Crippen molar-refractivity contribution in [2.24, 2.45) is 0 Å². The zero-order valence-corrected chi connectivity index (χ0v) is 10.3. The largest absolute Gasteiger partial charge is 0.394 e. The second-order valence-corrected chi connectivity index (χ2v) is 4.36. The number of pyridine rings is 1. The van der Waals surface area contributed by atoms with E-state index in [1.807, 2.05) is 12.1 Å². The van der Waals surface area contributed by atoms with E-state index in [0.717, 1.165) is 5.56 Å². The van der Waals surface area contributed by atoms with E-state index in [2.05, 4.69) is 4.98 Å². The van der Waals surface area contributed by atoms with Crippen LogP contribution < -0.4 is 0 Å². The van der Waals surface area contributed by atoms with Gasteiger partial charge in [0.15, 0.2) is 0 Å². The molecular formula is C13H18N2O3. The highest BCUT2D eigenvalue weighted by Gasteiger charge is 2.26. The Labute approximate surface area is 106 Å². The van der Waals surface area contributed by atoms with Crippen LogP contribution in [-0.2, 0) is 16.0 Å². The highest BCUT2D eigenvalue weighted by atomic mass is 16.5. The number of aliphatic hydroxyl groups is 1. The molecule has 0 aliphatic carbocycles. The SMILES string of the molecule is O=C(CCc1cccnc1)N1CCOCC1CO. The first kappa shape index (κ1) is 13.0. The summed E-state index contributed by atoms with van der Waals surface area (Å²) in [6.45, 7) is 1.50. The zero-order valence-electron chi connectivity index (χ0n) is 10.3. The van der Waals surface area contributed by atoms with Crippen molar-refractivity contribution in [2.45, 2.75) is 18.9 Å². The highest BCUT2D eigenvalue weighted by Crippen LogP contribution is 2.10. The summed E-state index contributed by atoms with van der Waals surface area (Å²) in [5.74, 6) is 0.0706. The fraction of sp³-hybridized carbons (Fsp3) is 0.538. The third-order valence-corrected chi connectivity index (χ3v) is 3.11. The molecule has 0 saturated carbocycles. The maximum absolute atomic E-state index is 12.1. The molecule has 5 nitrogen and oxygen atoms in total. The number of morpholine rings is 1. The molecule has 1 aromatic rings. The quantitative estimate of drug-likeness (QED) is 0.831. The van der Waals surface area contributed by atoms with Crippen molar-refractivity contribution in [1.29, 1.82) is 0 Å². The van der Waals surface area contributed by atoms with Crippen LogP contribution in [0.3, 0.4) is 0 Å². The lowest BCUT2D eigenvalue weighted by atomic mass is 10.1. The summed E-state index contributed by atoms with van der Waals surface area (Å²) in [6, 6.07) is 3.63. The number of carbonyl (C=O) groups excluding carboxylic acids is 1. The van der Waals surface area contributed by atoms with E-state index in [1.165, 1.54) is 0 Å². The molecule has 1 saturated heterocycles. The van der Waals surface area contributed by atoms with Gasteiger partial charge in [0.05, 0.1) is 25.9 Å². The lowest BCUT2D eigenvalue weighted by Crippen LogP contribution is -2.50. The van der Waals surface area contributed by atoms with Crippen LogP contribution in [-0.4, -0.2) is 53.3 Å². The average molecular weight is 250 g/mol. The summed E-state index contributed by atoms with van der Waals surface area (Å²) in [6.07, 6.45) is 4.62. The van der Waals surface area contributed by atoms with Gasteiger partial charge in [-0.1, -0.05) is 6.07 Å². The fourth-order valence-corrected chi connectivity index (χ4v) is 2.08. The number of aromatic nitrogens is 1. The molecule has 0 aromatic carbocycles. The molecule has 1 aliphatic heterocycles. The Morgan fingerprint density at radius 1 is 1.61 bits per heavy atom. The third kappa shape index (κ3) is 3.27. The number of aryl methyl sites for hydroxylation is 1.